The summed E-state index contributed by atoms with van der Waals surface area (Å²) in [5.41, 5.74) is 3.23. The van der Waals surface area contributed by atoms with Crippen LogP contribution in [0.5, 0.6) is 5.75 Å². The quantitative estimate of drug-likeness (QED) is 0.336. The van der Waals surface area contributed by atoms with Crippen LogP contribution in [0.4, 0.5) is 5.69 Å². The normalized spacial score (nSPS) is 16.6. The molecule has 0 aliphatic carbocycles. The Morgan fingerprint density at radius 1 is 1.05 bits per heavy atom. The Kier molecular flexibility index (Phi) is 7.91. The second kappa shape index (κ2) is 11.5. The van der Waals surface area contributed by atoms with Crippen molar-refractivity contribution in [2.75, 3.05) is 57.8 Å². The number of carbonyl (C=O) groups excluding carboxylic acids is 1. The first-order valence-electron chi connectivity index (χ1n) is 13.6. The van der Waals surface area contributed by atoms with Gasteiger partial charge in [0.25, 0.3) is 5.91 Å². The highest BCUT2D eigenvalue weighted by molar-refractivity contribution is 6.15. The highest BCUT2D eigenvalue weighted by Crippen LogP contribution is 2.35. The molecule has 2 aromatic carbocycles. The minimum atomic E-state index is -0.434. The molecule has 2 aliphatic rings. The molecule has 196 valence electrons. The molecular weight excluding hydrogens is 466 g/mol. The molecule has 2 aliphatic heterocycles. The lowest BCUT2D eigenvalue weighted by Gasteiger charge is -2.32. The van der Waals surface area contributed by atoms with E-state index in [4.69, 9.17) is 9.15 Å². The highest BCUT2D eigenvalue weighted by Gasteiger charge is 2.29. The van der Waals surface area contributed by atoms with Crippen molar-refractivity contribution < 1.29 is 13.9 Å². The average Bonchev–Trinajstić information content (AvgIpc) is 2.91. The molecule has 0 atom stereocenters. The molecule has 37 heavy (non-hydrogen) atoms. The molecule has 1 saturated heterocycles. The molecule has 7 nitrogen and oxygen atoms in total. The lowest BCUT2D eigenvalue weighted by Crippen LogP contribution is -2.44. The molecule has 1 aromatic heterocycles. The van der Waals surface area contributed by atoms with Gasteiger partial charge in [0.1, 0.15) is 11.3 Å². The van der Waals surface area contributed by atoms with Gasteiger partial charge in [0.2, 0.25) is 0 Å². The van der Waals surface area contributed by atoms with Crippen molar-refractivity contribution >= 4 is 22.6 Å². The smallest absolute Gasteiger partial charge is 0.336 e. The average molecular weight is 504 g/mol. The number of fused-ring (bicyclic) bond motifs is 2. The first-order chi connectivity index (χ1) is 18.0. The van der Waals surface area contributed by atoms with E-state index in [2.05, 4.69) is 29.8 Å². The van der Waals surface area contributed by atoms with Crippen molar-refractivity contribution in [2.45, 2.75) is 39.0 Å². The molecule has 7 heteroatoms. The van der Waals surface area contributed by atoms with Crippen molar-refractivity contribution in [3.05, 3.63) is 69.6 Å². The highest BCUT2D eigenvalue weighted by atomic mass is 16.5. The van der Waals surface area contributed by atoms with Crippen molar-refractivity contribution in [1.29, 1.82) is 0 Å². The summed E-state index contributed by atoms with van der Waals surface area (Å²) in [6.45, 7) is 8.45. The SMILES string of the molecule is CCCc1cc(=O)oc2c(C(=O)N3CCCc4ccccc43)c(OCCCN3CCN(C)CC3)ccc12. The van der Waals surface area contributed by atoms with E-state index in [0.717, 1.165) is 87.0 Å². The van der Waals surface area contributed by atoms with Gasteiger partial charge < -0.3 is 23.9 Å². The third-order valence-electron chi connectivity index (χ3n) is 7.52. The van der Waals surface area contributed by atoms with Gasteiger partial charge in [-0.05, 0) is 62.1 Å². The van der Waals surface area contributed by atoms with Gasteiger partial charge in [0, 0.05) is 56.4 Å². The number of carbonyl (C=O) groups is 1. The standard InChI is InChI=1S/C30H37N3O4/c1-3-8-23-21-27(34)37-29-24(23)12-13-26(36-20-7-14-32-18-16-31(2)17-19-32)28(29)30(35)33-15-6-10-22-9-4-5-11-25(22)33/h4-5,9,11-13,21H,3,6-8,10,14-20H2,1-2H3. The number of anilines is 1. The van der Waals surface area contributed by atoms with Crippen LogP contribution in [0.15, 0.2) is 51.7 Å². The Labute approximate surface area is 218 Å². The zero-order valence-corrected chi connectivity index (χ0v) is 22.0. The molecule has 3 aromatic rings. The van der Waals surface area contributed by atoms with E-state index in [1.54, 1.807) is 6.07 Å². The maximum Gasteiger partial charge on any atom is 0.336 e. The summed E-state index contributed by atoms with van der Waals surface area (Å²) in [5.74, 6) is 0.305. The number of hydrogen-bond donors (Lipinski definition) is 0. The van der Waals surface area contributed by atoms with E-state index in [-0.39, 0.29) is 5.91 Å². The second-order valence-electron chi connectivity index (χ2n) is 10.2. The third-order valence-corrected chi connectivity index (χ3v) is 7.52. The number of hydrogen-bond acceptors (Lipinski definition) is 6. The van der Waals surface area contributed by atoms with Gasteiger partial charge in [0.05, 0.1) is 6.61 Å². The second-order valence-corrected chi connectivity index (χ2v) is 10.2. The summed E-state index contributed by atoms with van der Waals surface area (Å²) in [5, 5.41) is 0.805. The van der Waals surface area contributed by atoms with Crippen LogP contribution in [0.1, 0.15) is 47.7 Å². The van der Waals surface area contributed by atoms with Crippen LogP contribution in [0.3, 0.4) is 0 Å². The molecule has 0 saturated carbocycles. The topological polar surface area (TPSA) is 66.2 Å². The maximum absolute atomic E-state index is 14.2. The number of aryl methyl sites for hydroxylation is 2. The fourth-order valence-electron chi connectivity index (χ4n) is 5.49. The van der Waals surface area contributed by atoms with Crippen molar-refractivity contribution in [3.8, 4) is 5.75 Å². The zero-order chi connectivity index (χ0) is 25.8. The van der Waals surface area contributed by atoms with Crippen LogP contribution in [-0.4, -0.2) is 68.6 Å². The fourth-order valence-corrected chi connectivity index (χ4v) is 5.49. The number of para-hydroxylation sites is 1. The summed E-state index contributed by atoms with van der Waals surface area (Å²) in [6, 6.07) is 13.4. The van der Waals surface area contributed by atoms with Crippen LogP contribution >= 0.6 is 0 Å². The van der Waals surface area contributed by atoms with Gasteiger partial charge in [-0.2, -0.15) is 0 Å². The van der Waals surface area contributed by atoms with Crippen LogP contribution in [-0.2, 0) is 12.8 Å². The Morgan fingerprint density at radius 3 is 2.68 bits per heavy atom. The Hall–Kier alpha value is -3.16. The molecule has 0 unspecified atom stereocenters. The predicted octanol–water partition coefficient (Wildman–Crippen LogP) is 4.35. The van der Waals surface area contributed by atoms with E-state index in [0.29, 0.717) is 30.0 Å². The maximum atomic E-state index is 14.2. The molecule has 0 radical (unpaired) electrons. The number of ether oxygens (including phenoxy) is 1. The van der Waals surface area contributed by atoms with Crippen LogP contribution < -0.4 is 15.3 Å². The molecule has 3 heterocycles. The molecule has 1 fully saturated rings. The summed E-state index contributed by atoms with van der Waals surface area (Å²) < 4.78 is 12.0. The van der Waals surface area contributed by atoms with Gasteiger partial charge in [-0.15, -0.1) is 0 Å². The summed E-state index contributed by atoms with van der Waals surface area (Å²) >= 11 is 0. The van der Waals surface area contributed by atoms with Crippen LogP contribution in [0.2, 0.25) is 0 Å². The molecular formula is C30H37N3O4. The van der Waals surface area contributed by atoms with Crippen LogP contribution in [0, 0.1) is 0 Å². The Morgan fingerprint density at radius 2 is 1.86 bits per heavy atom. The molecule has 0 N–H and O–H groups in total. The number of benzene rings is 2. The summed E-state index contributed by atoms with van der Waals surface area (Å²) in [4.78, 5) is 33.3. The number of likely N-dealkylation sites (N-methyl/N-ethyl adjacent to an activating group) is 1. The Bertz CT molecular complexity index is 1310. The van der Waals surface area contributed by atoms with Gasteiger partial charge >= 0.3 is 5.63 Å². The lowest BCUT2D eigenvalue weighted by molar-refractivity contribution is 0.0981. The lowest BCUT2D eigenvalue weighted by atomic mass is 9.98. The molecule has 1 amide bonds. The van der Waals surface area contributed by atoms with Gasteiger partial charge in [0.15, 0.2) is 5.58 Å². The minimum absolute atomic E-state index is 0.177. The number of nitrogens with zero attached hydrogens (tertiary/aromatic N) is 3. The zero-order valence-electron chi connectivity index (χ0n) is 22.0. The molecule has 0 bridgehead atoms. The minimum Gasteiger partial charge on any atom is -0.493 e. The van der Waals surface area contributed by atoms with E-state index in [1.807, 2.05) is 35.2 Å². The molecule has 5 rings (SSSR count). The third kappa shape index (κ3) is 5.58. The number of rotatable bonds is 8. The van der Waals surface area contributed by atoms with Crippen molar-refractivity contribution in [3.63, 3.8) is 0 Å². The Balaban J connectivity index is 1.46. The number of amides is 1. The predicted molar refractivity (Wildman–Crippen MR) is 147 cm³/mol. The van der Waals surface area contributed by atoms with Crippen molar-refractivity contribution in [1.82, 2.24) is 9.80 Å². The largest absolute Gasteiger partial charge is 0.493 e. The van der Waals surface area contributed by atoms with E-state index >= 15 is 0 Å². The van der Waals surface area contributed by atoms with E-state index < -0.39 is 5.63 Å². The summed E-state index contributed by atoms with van der Waals surface area (Å²) in [6.07, 6.45) is 4.34. The van der Waals surface area contributed by atoms with Crippen LogP contribution in [0.25, 0.3) is 11.0 Å². The fraction of sp³-hybridized carbons (Fsp3) is 0.467. The van der Waals surface area contributed by atoms with Crippen molar-refractivity contribution in [2.24, 2.45) is 0 Å². The first kappa shape index (κ1) is 25.5. The van der Waals surface area contributed by atoms with Gasteiger partial charge in [-0.3, -0.25) is 4.79 Å². The monoisotopic (exact) mass is 503 g/mol. The number of piperazine rings is 1. The van der Waals surface area contributed by atoms with Gasteiger partial charge in [-0.1, -0.05) is 31.5 Å². The van der Waals surface area contributed by atoms with E-state index in [1.165, 1.54) is 0 Å². The first-order valence-corrected chi connectivity index (χ1v) is 13.6. The molecule has 0 spiro atoms. The van der Waals surface area contributed by atoms with E-state index in [9.17, 15) is 9.59 Å². The summed E-state index contributed by atoms with van der Waals surface area (Å²) in [7, 11) is 2.16. The van der Waals surface area contributed by atoms with Gasteiger partial charge in [-0.25, -0.2) is 4.79 Å².